The number of nitrogens with zero attached hydrogens (tertiary/aromatic N) is 1. The molecule has 0 aromatic heterocycles. The minimum Gasteiger partial charge on any atom is -0.324 e. The Morgan fingerprint density at radius 3 is 2.25 bits per heavy atom. The maximum absolute atomic E-state index is 12.1. The van der Waals surface area contributed by atoms with Crippen LogP contribution in [0.5, 0.6) is 0 Å². The number of hydrogen-bond donors (Lipinski definition) is 1. The lowest BCUT2D eigenvalue weighted by Gasteiger charge is -2.53. The van der Waals surface area contributed by atoms with Gasteiger partial charge in [-0.2, -0.15) is 0 Å². The lowest BCUT2D eigenvalue weighted by atomic mass is 9.80. The Morgan fingerprint density at radius 1 is 1.20 bits per heavy atom. The van der Waals surface area contributed by atoms with Gasteiger partial charge >= 0.3 is 7.60 Å². The van der Waals surface area contributed by atoms with Crippen molar-refractivity contribution >= 4 is 7.60 Å². The van der Waals surface area contributed by atoms with E-state index in [0.717, 1.165) is 25.7 Å². The Balaban J connectivity index is 2.59. The lowest BCUT2D eigenvalue weighted by molar-refractivity contribution is -0.0220. The SMILES string of the molecule is CCCCOP(=O)(O)CCN1C(C)(C)CCCC1(C)C. The zero-order chi connectivity index (χ0) is 15.4. The van der Waals surface area contributed by atoms with Gasteiger partial charge in [0.05, 0.1) is 12.8 Å². The molecule has 120 valence electrons. The van der Waals surface area contributed by atoms with E-state index in [1.165, 1.54) is 6.42 Å². The average Bonchev–Trinajstić information content (AvgIpc) is 2.26. The monoisotopic (exact) mass is 305 g/mol. The molecule has 20 heavy (non-hydrogen) atoms. The van der Waals surface area contributed by atoms with Gasteiger partial charge in [-0.05, 0) is 53.4 Å². The Bertz CT molecular complexity index is 339. The highest BCUT2D eigenvalue weighted by Gasteiger charge is 2.41. The van der Waals surface area contributed by atoms with Crippen molar-refractivity contribution in [3.63, 3.8) is 0 Å². The summed E-state index contributed by atoms with van der Waals surface area (Å²) in [6.07, 6.45) is 5.55. The fourth-order valence-electron chi connectivity index (χ4n) is 3.29. The molecule has 0 radical (unpaired) electrons. The molecule has 0 aromatic carbocycles. The molecule has 4 nitrogen and oxygen atoms in total. The summed E-state index contributed by atoms with van der Waals surface area (Å²) < 4.78 is 17.2. The Hall–Kier alpha value is 0.110. The molecular weight excluding hydrogens is 273 g/mol. The molecule has 0 spiro atoms. The zero-order valence-corrected chi connectivity index (χ0v) is 14.7. The van der Waals surface area contributed by atoms with Gasteiger partial charge in [0.15, 0.2) is 0 Å². The predicted molar refractivity (Wildman–Crippen MR) is 84.3 cm³/mol. The van der Waals surface area contributed by atoms with E-state index in [0.29, 0.717) is 13.2 Å². The van der Waals surface area contributed by atoms with Crippen LogP contribution in [0.15, 0.2) is 0 Å². The molecule has 1 heterocycles. The van der Waals surface area contributed by atoms with Crippen molar-refractivity contribution in [1.82, 2.24) is 4.90 Å². The number of unbranched alkanes of at least 4 members (excludes halogenated alkanes) is 1. The maximum Gasteiger partial charge on any atom is 0.329 e. The van der Waals surface area contributed by atoms with Crippen LogP contribution < -0.4 is 0 Å². The van der Waals surface area contributed by atoms with Crippen LogP contribution in [-0.4, -0.2) is 40.2 Å². The largest absolute Gasteiger partial charge is 0.329 e. The minimum atomic E-state index is -3.44. The summed E-state index contributed by atoms with van der Waals surface area (Å²) in [6, 6.07) is 0. The average molecular weight is 305 g/mol. The molecule has 0 bridgehead atoms. The second-order valence-corrected chi connectivity index (χ2v) is 9.16. The smallest absolute Gasteiger partial charge is 0.324 e. The van der Waals surface area contributed by atoms with Crippen LogP contribution in [0.2, 0.25) is 0 Å². The number of likely N-dealkylation sites (tertiary alicyclic amines) is 1. The Labute approximate surface area is 124 Å². The van der Waals surface area contributed by atoms with E-state index in [4.69, 9.17) is 4.52 Å². The van der Waals surface area contributed by atoms with Crippen molar-refractivity contribution in [2.45, 2.75) is 77.8 Å². The molecule has 1 saturated heterocycles. The van der Waals surface area contributed by atoms with Crippen LogP contribution in [-0.2, 0) is 9.09 Å². The van der Waals surface area contributed by atoms with Crippen LogP contribution in [0.4, 0.5) is 0 Å². The van der Waals surface area contributed by atoms with E-state index >= 15 is 0 Å². The van der Waals surface area contributed by atoms with Gasteiger partial charge in [0.25, 0.3) is 0 Å². The van der Waals surface area contributed by atoms with E-state index < -0.39 is 7.60 Å². The third kappa shape index (κ3) is 5.14. The molecule has 1 fully saturated rings. The molecule has 1 aliphatic heterocycles. The van der Waals surface area contributed by atoms with Gasteiger partial charge in [0.1, 0.15) is 0 Å². The molecule has 0 aromatic rings. The van der Waals surface area contributed by atoms with Crippen LogP contribution in [0, 0.1) is 0 Å². The second kappa shape index (κ2) is 6.91. The first-order valence-corrected chi connectivity index (χ1v) is 9.61. The predicted octanol–water partition coefficient (Wildman–Crippen LogP) is 4.03. The molecule has 5 heteroatoms. The summed E-state index contributed by atoms with van der Waals surface area (Å²) in [5, 5.41) is 0. The van der Waals surface area contributed by atoms with Crippen LogP contribution >= 0.6 is 7.60 Å². The van der Waals surface area contributed by atoms with E-state index in [1.54, 1.807) is 0 Å². The van der Waals surface area contributed by atoms with E-state index in [9.17, 15) is 9.46 Å². The lowest BCUT2D eigenvalue weighted by Crippen LogP contribution is -2.59. The summed E-state index contributed by atoms with van der Waals surface area (Å²) in [4.78, 5) is 12.3. The third-order valence-corrected chi connectivity index (χ3v) is 5.79. The molecule has 1 rings (SSSR count). The topological polar surface area (TPSA) is 49.8 Å². The second-order valence-electron chi connectivity index (χ2n) is 7.18. The number of hydrogen-bond acceptors (Lipinski definition) is 3. The van der Waals surface area contributed by atoms with Gasteiger partial charge in [-0.3, -0.25) is 9.46 Å². The number of rotatable bonds is 7. The van der Waals surface area contributed by atoms with Gasteiger partial charge < -0.3 is 9.42 Å². The van der Waals surface area contributed by atoms with E-state index in [1.807, 2.05) is 6.92 Å². The van der Waals surface area contributed by atoms with Gasteiger partial charge in [-0.1, -0.05) is 13.3 Å². The molecule has 0 saturated carbocycles. The van der Waals surface area contributed by atoms with E-state index in [2.05, 4.69) is 32.6 Å². The molecule has 1 aliphatic rings. The molecular formula is C15H32NO3P. The summed E-state index contributed by atoms with van der Waals surface area (Å²) in [7, 11) is -3.44. The fraction of sp³-hybridized carbons (Fsp3) is 1.00. The minimum absolute atomic E-state index is 0.0885. The van der Waals surface area contributed by atoms with Crippen LogP contribution in [0.3, 0.4) is 0 Å². The third-order valence-electron chi connectivity index (χ3n) is 4.44. The highest BCUT2D eigenvalue weighted by Crippen LogP contribution is 2.44. The van der Waals surface area contributed by atoms with Gasteiger partial charge in [-0.15, -0.1) is 0 Å². The summed E-state index contributed by atoms with van der Waals surface area (Å²) in [5.74, 6) is 0. The molecule has 1 atom stereocenters. The van der Waals surface area contributed by atoms with Gasteiger partial charge in [0, 0.05) is 17.6 Å². The quantitative estimate of drug-likeness (QED) is 0.570. The molecule has 0 amide bonds. The summed E-state index contributed by atoms with van der Waals surface area (Å²) >= 11 is 0. The first kappa shape index (κ1) is 18.2. The summed E-state index contributed by atoms with van der Waals surface area (Å²) in [5.41, 5.74) is 0.177. The van der Waals surface area contributed by atoms with E-state index in [-0.39, 0.29) is 17.2 Å². The zero-order valence-electron chi connectivity index (χ0n) is 13.8. The van der Waals surface area contributed by atoms with Crippen molar-refractivity contribution in [1.29, 1.82) is 0 Å². The van der Waals surface area contributed by atoms with Gasteiger partial charge in [0.2, 0.25) is 0 Å². The van der Waals surface area contributed by atoms with Crippen molar-refractivity contribution in [2.75, 3.05) is 19.3 Å². The molecule has 1 N–H and O–H groups in total. The van der Waals surface area contributed by atoms with Crippen molar-refractivity contribution in [3.8, 4) is 0 Å². The van der Waals surface area contributed by atoms with Crippen molar-refractivity contribution in [2.24, 2.45) is 0 Å². The normalized spacial score (nSPS) is 25.3. The maximum atomic E-state index is 12.1. The van der Waals surface area contributed by atoms with Crippen molar-refractivity contribution in [3.05, 3.63) is 0 Å². The molecule has 1 unspecified atom stereocenters. The highest BCUT2D eigenvalue weighted by atomic mass is 31.2. The van der Waals surface area contributed by atoms with Crippen molar-refractivity contribution < 1.29 is 14.0 Å². The number of piperidine rings is 1. The summed E-state index contributed by atoms with van der Waals surface area (Å²) in [6.45, 7) is 12.0. The standard InChI is InChI=1S/C15H32NO3P/c1-6-7-12-19-20(17,18)13-11-16-14(2,3)9-8-10-15(16,4)5/h6-13H2,1-5H3,(H,17,18). The van der Waals surface area contributed by atoms with Crippen LogP contribution in [0.1, 0.15) is 66.7 Å². The highest BCUT2D eigenvalue weighted by molar-refractivity contribution is 7.52. The molecule has 0 aliphatic carbocycles. The van der Waals surface area contributed by atoms with Gasteiger partial charge in [-0.25, -0.2) is 0 Å². The Kier molecular flexibility index (Phi) is 6.28. The fourth-order valence-corrected chi connectivity index (χ4v) is 4.29. The first-order chi connectivity index (χ1) is 9.11. The Morgan fingerprint density at radius 2 is 1.75 bits per heavy atom. The first-order valence-electron chi connectivity index (χ1n) is 7.85. The van der Waals surface area contributed by atoms with Crippen LogP contribution in [0.25, 0.3) is 0 Å².